The van der Waals surface area contributed by atoms with Gasteiger partial charge in [-0.15, -0.1) is 0 Å². The van der Waals surface area contributed by atoms with Gasteiger partial charge >= 0.3 is 0 Å². The Labute approximate surface area is 160 Å². The summed E-state index contributed by atoms with van der Waals surface area (Å²) in [5.41, 5.74) is 9.62. The number of benzene rings is 2. The monoisotopic (exact) mass is 368 g/mol. The van der Waals surface area contributed by atoms with E-state index in [1.807, 2.05) is 23.1 Å². The Morgan fingerprint density at radius 2 is 1.92 bits per heavy atom. The average Bonchev–Trinajstić information content (AvgIpc) is 3.46. The highest BCUT2D eigenvalue weighted by molar-refractivity contribution is 6.30. The van der Waals surface area contributed by atoms with Crippen molar-refractivity contribution in [3.05, 3.63) is 59.1 Å². The molecule has 3 atom stereocenters. The van der Waals surface area contributed by atoms with Crippen molar-refractivity contribution in [2.45, 2.75) is 37.6 Å². The van der Waals surface area contributed by atoms with Gasteiger partial charge in [0.05, 0.1) is 0 Å². The molecule has 1 amide bonds. The summed E-state index contributed by atoms with van der Waals surface area (Å²) >= 11 is 6.18. The summed E-state index contributed by atoms with van der Waals surface area (Å²) in [7, 11) is 0. The molecule has 0 bridgehead atoms. The van der Waals surface area contributed by atoms with Crippen molar-refractivity contribution in [1.29, 1.82) is 0 Å². The number of likely N-dealkylation sites (tertiary alicyclic amines) is 1. The standard InChI is InChI=1S/C22H25ClN2O/c23-16-6-3-5-15(13-16)18-8-1-2-9-19(18)20-14-21(20)22(26)25-11-4-7-17(24)10-12-25/h1-3,5-6,8-9,13,17,20-21H,4,7,10-12,14,24H2. The Kier molecular flexibility index (Phi) is 5.01. The van der Waals surface area contributed by atoms with Crippen LogP contribution in [0.25, 0.3) is 11.1 Å². The molecule has 1 aliphatic carbocycles. The molecule has 2 aromatic carbocycles. The van der Waals surface area contributed by atoms with Crippen molar-refractivity contribution in [2.24, 2.45) is 11.7 Å². The number of hydrogen-bond acceptors (Lipinski definition) is 2. The average molecular weight is 369 g/mol. The summed E-state index contributed by atoms with van der Waals surface area (Å²) in [6, 6.07) is 16.6. The SMILES string of the molecule is NC1CCCN(C(=O)C2CC2c2ccccc2-c2cccc(Cl)c2)CC1. The summed E-state index contributed by atoms with van der Waals surface area (Å²) in [5, 5.41) is 0.738. The van der Waals surface area contributed by atoms with Crippen LogP contribution in [-0.2, 0) is 4.79 Å². The number of halogens is 1. The molecular weight excluding hydrogens is 344 g/mol. The molecule has 136 valence electrons. The number of nitrogens with two attached hydrogens (primary N) is 1. The highest BCUT2D eigenvalue weighted by atomic mass is 35.5. The number of amides is 1. The third kappa shape index (κ3) is 3.65. The normalized spacial score (nSPS) is 25.6. The largest absolute Gasteiger partial charge is 0.342 e. The van der Waals surface area contributed by atoms with Crippen LogP contribution in [0.3, 0.4) is 0 Å². The number of rotatable bonds is 3. The fourth-order valence-corrected chi connectivity index (χ4v) is 4.32. The topological polar surface area (TPSA) is 46.3 Å². The van der Waals surface area contributed by atoms with Crippen molar-refractivity contribution in [2.75, 3.05) is 13.1 Å². The van der Waals surface area contributed by atoms with Gasteiger partial charge in [0.25, 0.3) is 0 Å². The number of carbonyl (C=O) groups is 1. The first-order chi connectivity index (χ1) is 12.6. The van der Waals surface area contributed by atoms with E-state index in [0.717, 1.165) is 49.4 Å². The smallest absolute Gasteiger partial charge is 0.226 e. The van der Waals surface area contributed by atoms with Gasteiger partial charge in [-0.25, -0.2) is 0 Å². The van der Waals surface area contributed by atoms with Gasteiger partial charge in [0.1, 0.15) is 0 Å². The summed E-state index contributed by atoms with van der Waals surface area (Å²) < 4.78 is 0. The number of nitrogens with zero attached hydrogens (tertiary/aromatic N) is 1. The predicted octanol–water partition coefficient (Wildman–Crippen LogP) is 4.45. The first-order valence-corrected chi connectivity index (χ1v) is 9.90. The summed E-state index contributed by atoms with van der Waals surface area (Å²) in [6.45, 7) is 1.66. The van der Waals surface area contributed by atoms with Crippen LogP contribution in [0.15, 0.2) is 48.5 Å². The molecular formula is C22H25ClN2O. The first-order valence-electron chi connectivity index (χ1n) is 9.52. The van der Waals surface area contributed by atoms with Crippen LogP contribution in [0.2, 0.25) is 5.02 Å². The van der Waals surface area contributed by atoms with Crippen molar-refractivity contribution in [1.82, 2.24) is 4.90 Å². The third-order valence-corrected chi connectivity index (χ3v) is 5.92. The molecule has 4 rings (SSSR count). The molecule has 26 heavy (non-hydrogen) atoms. The maximum absolute atomic E-state index is 13.0. The molecule has 2 aromatic rings. The Morgan fingerprint density at radius 1 is 1.08 bits per heavy atom. The Bertz CT molecular complexity index is 806. The Morgan fingerprint density at radius 3 is 2.77 bits per heavy atom. The fraction of sp³-hybridized carbons (Fsp3) is 0.409. The molecule has 2 aliphatic rings. The van der Waals surface area contributed by atoms with Gasteiger partial charge in [-0.05, 0) is 60.4 Å². The van der Waals surface area contributed by atoms with Crippen LogP contribution in [0, 0.1) is 5.92 Å². The molecule has 2 N–H and O–H groups in total. The van der Waals surface area contributed by atoms with Gasteiger partial charge in [-0.2, -0.15) is 0 Å². The zero-order valence-electron chi connectivity index (χ0n) is 14.9. The van der Waals surface area contributed by atoms with Crippen LogP contribution in [0.4, 0.5) is 0 Å². The second kappa shape index (κ2) is 7.42. The lowest BCUT2D eigenvalue weighted by atomic mass is 9.96. The molecule has 1 aliphatic heterocycles. The van der Waals surface area contributed by atoms with E-state index in [4.69, 9.17) is 17.3 Å². The molecule has 2 fully saturated rings. The lowest BCUT2D eigenvalue weighted by Gasteiger charge is -2.21. The minimum Gasteiger partial charge on any atom is -0.342 e. The molecule has 4 heteroatoms. The molecule has 0 radical (unpaired) electrons. The van der Waals surface area contributed by atoms with Crippen molar-refractivity contribution >= 4 is 17.5 Å². The Hall–Kier alpha value is -1.84. The van der Waals surface area contributed by atoms with Gasteiger partial charge in [0, 0.05) is 30.1 Å². The molecule has 0 aromatic heterocycles. The van der Waals surface area contributed by atoms with Crippen molar-refractivity contribution < 1.29 is 4.79 Å². The van der Waals surface area contributed by atoms with E-state index >= 15 is 0 Å². The number of hydrogen-bond donors (Lipinski definition) is 1. The van der Waals surface area contributed by atoms with Crippen LogP contribution in [0.5, 0.6) is 0 Å². The zero-order chi connectivity index (χ0) is 18.1. The van der Waals surface area contributed by atoms with E-state index < -0.39 is 0 Å². The lowest BCUT2D eigenvalue weighted by Crippen LogP contribution is -2.34. The van der Waals surface area contributed by atoms with Crippen LogP contribution in [0.1, 0.15) is 37.2 Å². The van der Waals surface area contributed by atoms with Gasteiger partial charge in [0.15, 0.2) is 0 Å². The lowest BCUT2D eigenvalue weighted by molar-refractivity contribution is -0.132. The van der Waals surface area contributed by atoms with Crippen molar-refractivity contribution in [3.63, 3.8) is 0 Å². The highest BCUT2D eigenvalue weighted by Gasteiger charge is 2.46. The molecule has 0 spiro atoms. The minimum absolute atomic E-state index is 0.115. The van der Waals surface area contributed by atoms with E-state index in [-0.39, 0.29) is 12.0 Å². The first kappa shape index (κ1) is 17.6. The molecule has 1 saturated heterocycles. The van der Waals surface area contributed by atoms with Crippen LogP contribution < -0.4 is 5.73 Å². The summed E-state index contributed by atoms with van der Waals surface area (Å²) in [4.78, 5) is 15.0. The maximum Gasteiger partial charge on any atom is 0.226 e. The maximum atomic E-state index is 13.0. The minimum atomic E-state index is 0.115. The molecule has 1 heterocycles. The van der Waals surface area contributed by atoms with Gasteiger partial charge < -0.3 is 10.6 Å². The van der Waals surface area contributed by atoms with Gasteiger partial charge in [0.2, 0.25) is 5.91 Å². The van der Waals surface area contributed by atoms with Crippen LogP contribution in [-0.4, -0.2) is 29.9 Å². The van der Waals surface area contributed by atoms with E-state index in [1.54, 1.807) is 0 Å². The third-order valence-electron chi connectivity index (χ3n) is 5.69. The number of carbonyl (C=O) groups excluding carboxylic acids is 1. The summed E-state index contributed by atoms with van der Waals surface area (Å²) in [5.74, 6) is 0.740. The second-order valence-corrected chi connectivity index (χ2v) is 8.00. The van der Waals surface area contributed by atoms with E-state index in [2.05, 4.69) is 30.3 Å². The van der Waals surface area contributed by atoms with E-state index in [9.17, 15) is 4.79 Å². The van der Waals surface area contributed by atoms with Gasteiger partial charge in [-0.3, -0.25) is 4.79 Å². The quantitative estimate of drug-likeness (QED) is 0.869. The Balaban J connectivity index is 1.53. The van der Waals surface area contributed by atoms with Crippen LogP contribution >= 0.6 is 11.6 Å². The predicted molar refractivity (Wildman–Crippen MR) is 106 cm³/mol. The van der Waals surface area contributed by atoms with Gasteiger partial charge in [-0.1, -0.05) is 48.0 Å². The molecule has 3 unspecified atom stereocenters. The summed E-state index contributed by atoms with van der Waals surface area (Å²) in [6.07, 6.45) is 3.90. The highest BCUT2D eigenvalue weighted by Crippen LogP contribution is 2.51. The second-order valence-electron chi connectivity index (χ2n) is 7.56. The molecule has 3 nitrogen and oxygen atoms in total. The van der Waals surface area contributed by atoms with Crippen molar-refractivity contribution in [3.8, 4) is 11.1 Å². The van der Waals surface area contributed by atoms with E-state index in [1.165, 1.54) is 11.1 Å². The fourth-order valence-electron chi connectivity index (χ4n) is 4.13. The molecule has 1 saturated carbocycles. The zero-order valence-corrected chi connectivity index (χ0v) is 15.7. The van der Waals surface area contributed by atoms with E-state index in [0.29, 0.717) is 11.8 Å².